The van der Waals surface area contributed by atoms with Crippen LogP contribution in [0.2, 0.25) is 5.02 Å². The number of aliphatic carboxylic acids is 1. The van der Waals surface area contributed by atoms with E-state index >= 15 is 0 Å². The van der Waals surface area contributed by atoms with Crippen LogP contribution in [-0.2, 0) is 14.8 Å². The first-order valence-corrected chi connectivity index (χ1v) is 7.17. The van der Waals surface area contributed by atoms with Crippen LogP contribution in [0.15, 0.2) is 35.7 Å². The Morgan fingerprint density at radius 3 is 2.70 bits per heavy atom. The van der Waals surface area contributed by atoms with Crippen LogP contribution in [0.1, 0.15) is 5.56 Å². The number of nitrogens with zero attached hydrogens (tertiary/aromatic N) is 2. The summed E-state index contributed by atoms with van der Waals surface area (Å²) in [5.74, 6) is -1.30. The molecule has 0 bridgehead atoms. The van der Waals surface area contributed by atoms with Crippen molar-refractivity contribution in [2.24, 2.45) is 0 Å². The average Bonchev–Trinajstić information content (AvgIpc) is 2.38. The molecule has 106 valence electrons. The van der Waals surface area contributed by atoms with Crippen LogP contribution in [0.25, 0.3) is 0 Å². The molecule has 1 aromatic rings. The van der Waals surface area contributed by atoms with Crippen LogP contribution in [-0.4, -0.2) is 36.9 Å². The molecule has 0 saturated carbocycles. The van der Waals surface area contributed by atoms with E-state index in [-0.39, 0.29) is 22.0 Å². The van der Waals surface area contributed by atoms with E-state index in [0.29, 0.717) is 4.31 Å². The van der Waals surface area contributed by atoms with E-state index in [0.717, 1.165) is 6.07 Å². The zero-order valence-electron chi connectivity index (χ0n) is 10.3. The van der Waals surface area contributed by atoms with Crippen molar-refractivity contribution in [1.82, 2.24) is 4.31 Å². The number of carboxylic acid groups (broad SMARTS) is 1. The second kappa shape index (κ2) is 6.52. The molecule has 1 N–H and O–H groups in total. The highest BCUT2D eigenvalue weighted by atomic mass is 35.5. The first kappa shape index (κ1) is 16.2. The molecule has 0 heterocycles. The van der Waals surface area contributed by atoms with Crippen molar-refractivity contribution in [2.75, 3.05) is 13.1 Å². The summed E-state index contributed by atoms with van der Waals surface area (Å²) in [6, 6.07) is 5.56. The lowest BCUT2D eigenvalue weighted by Gasteiger charge is -2.19. The Morgan fingerprint density at radius 2 is 2.20 bits per heavy atom. The minimum atomic E-state index is -4.12. The van der Waals surface area contributed by atoms with Crippen molar-refractivity contribution < 1.29 is 18.3 Å². The van der Waals surface area contributed by atoms with E-state index in [4.69, 9.17) is 22.0 Å². The fourth-order valence-corrected chi connectivity index (χ4v) is 3.31. The number of rotatable bonds is 6. The van der Waals surface area contributed by atoms with Crippen molar-refractivity contribution in [1.29, 1.82) is 5.26 Å². The van der Waals surface area contributed by atoms with Gasteiger partial charge in [-0.05, 0) is 18.2 Å². The standard InChI is InChI=1S/C12H11ClN2O4S/c1-2-5-15(8-12(16)17)20(18,19)11-6-9(7-14)3-4-10(11)13/h2-4,6H,1,5,8H2,(H,16,17). The zero-order valence-corrected chi connectivity index (χ0v) is 11.9. The normalized spacial score (nSPS) is 11.1. The summed E-state index contributed by atoms with van der Waals surface area (Å²) in [4.78, 5) is 10.4. The minimum Gasteiger partial charge on any atom is -0.480 e. The summed E-state index contributed by atoms with van der Waals surface area (Å²) in [5, 5.41) is 17.5. The Balaban J connectivity index is 3.36. The third-order valence-electron chi connectivity index (χ3n) is 2.32. The fourth-order valence-electron chi connectivity index (χ4n) is 1.45. The maximum absolute atomic E-state index is 12.4. The predicted octanol–water partition coefficient (Wildman–Crippen LogP) is 1.47. The summed E-state index contributed by atoms with van der Waals surface area (Å²) in [7, 11) is -4.12. The summed E-state index contributed by atoms with van der Waals surface area (Å²) in [6.07, 6.45) is 1.27. The van der Waals surface area contributed by atoms with Gasteiger partial charge in [-0.2, -0.15) is 9.57 Å². The van der Waals surface area contributed by atoms with Gasteiger partial charge in [0.2, 0.25) is 10.0 Å². The predicted molar refractivity (Wildman–Crippen MR) is 72.8 cm³/mol. The average molecular weight is 315 g/mol. The van der Waals surface area contributed by atoms with Crippen LogP contribution in [0.3, 0.4) is 0 Å². The third kappa shape index (κ3) is 3.57. The van der Waals surface area contributed by atoms with Gasteiger partial charge < -0.3 is 5.11 Å². The lowest BCUT2D eigenvalue weighted by molar-refractivity contribution is -0.137. The highest BCUT2D eigenvalue weighted by Crippen LogP contribution is 2.25. The number of halogens is 1. The topological polar surface area (TPSA) is 98.5 Å². The number of benzene rings is 1. The molecule has 0 unspecified atom stereocenters. The molecule has 1 aromatic carbocycles. The summed E-state index contributed by atoms with van der Waals surface area (Å²) in [6.45, 7) is 2.49. The smallest absolute Gasteiger partial charge is 0.318 e. The maximum Gasteiger partial charge on any atom is 0.318 e. The highest BCUT2D eigenvalue weighted by molar-refractivity contribution is 7.89. The van der Waals surface area contributed by atoms with Crippen molar-refractivity contribution >= 4 is 27.6 Å². The molecule has 0 aromatic heterocycles. The number of carboxylic acids is 1. The van der Waals surface area contributed by atoms with Gasteiger partial charge >= 0.3 is 5.97 Å². The van der Waals surface area contributed by atoms with E-state index in [1.54, 1.807) is 6.07 Å². The molecule has 0 aliphatic heterocycles. The molecular weight excluding hydrogens is 304 g/mol. The number of nitriles is 1. The molecule has 0 radical (unpaired) electrons. The molecular formula is C12H11ClN2O4S. The minimum absolute atomic E-state index is 0.0801. The Kier molecular flexibility index (Phi) is 5.27. The lowest BCUT2D eigenvalue weighted by Crippen LogP contribution is -2.36. The largest absolute Gasteiger partial charge is 0.480 e. The molecule has 0 spiro atoms. The summed E-state index contributed by atoms with van der Waals surface area (Å²) < 4.78 is 25.4. The zero-order chi connectivity index (χ0) is 15.3. The third-order valence-corrected chi connectivity index (χ3v) is 4.62. The Morgan fingerprint density at radius 1 is 1.55 bits per heavy atom. The summed E-state index contributed by atoms with van der Waals surface area (Å²) in [5.41, 5.74) is 0.113. The number of carbonyl (C=O) groups is 1. The van der Waals surface area contributed by atoms with Gasteiger partial charge in [0.25, 0.3) is 0 Å². The quantitative estimate of drug-likeness (QED) is 0.802. The van der Waals surface area contributed by atoms with Crippen molar-refractivity contribution in [3.8, 4) is 6.07 Å². The molecule has 0 aliphatic carbocycles. The van der Waals surface area contributed by atoms with Gasteiger partial charge in [0, 0.05) is 6.54 Å². The van der Waals surface area contributed by atoms with Gasteiger partial charge in [-0.15, -0.1) is 6.58 Å². The second-order valence-corrected chi connectivity index (χ2v) is 6.05. The van der Waals surface area contributed by atoms with E-state index in [1.807, 2.05) is 0 Å². The van der Waals surface area contributed by atoms with Gasteiger partial charge in [-0.1, -0.05) is 17.7 Å². The number of sulfonamides is 1. The van der Waals surface area contributed by atoms with Gasteiger partial charge in [-0.25, -0.2) is 8.42 Å². The van der Waals surface area contributed by atoms with Crippen LogP contribution < -0.4 is 0 Å². The maximum atomic E-state index is 12.4. The number of hydrogen-bond donors (Lipinski definition) is 1. The van der Waals surface area contributed by atoms with Crippen LogP contribution in [0.4, 0.5) is 0 Å². The van der Waals surface area contributed by atoms with Gasteiger partial charge in [0.05, 0.1) is 16.7 Å². The molecule has 0 fully saturated rings. The summed E-state index contributed by atoms with van der Waals surface area (Å²) >= 11 is 5.83. The van der Waals surface area contributed by atoms with Gasteiger partial charge in [0.1, 0.15) is 11.4 Å². The number of hydrogen-bond acceptors (Lipinski definition) is 4. The molecule has 0 atom stereocenters. The van der Waals surface area contributed by atoms with Gasteiger partial charge in [0.15, 0.2) is 0 Å². The first-order chi connectivity index (χ1) is 9.32. The molecule has 0 aliphatic rings. The molecule has 8 heteroatoms. The fraction of sp³-hybridized carbons (Fsp3) is 0.167. The van der Waals surface area contributed by atoms with E-state index < -0.39 is 22.5 Å². The monoisotopic (exact) mass is 314 g/mol. The molecule has 20 heavy (non-hydrogen) atoms. The SMILES string of the molecule is C=CCN(CC(=O)O)S(=O)(=O)c1cc(C#N)ccc1Cl. The van der Waals surface area contributed by atoms with Gasteiger partial charge in [-0.3, -0.25) is 4.79 Å². The Bertz CT molecular complexity index is 679. The first-order valence-electron chi connectivity index (χ1n) is 5.35. The van der Waals surface area contributed by atoms with E-state index in [2.05, 4.69) is 6.58 Å². The van der Waals surface area contributed by atoms with Crippen molar-refractivity contribution in [3.05, 3.63) is 41.4 Å². The van der Waals surface area contributed by atoms with Crippen molar-refractivity contribution in [2.45, 2.75) is 4.90 Å². The van der Waals surface area contributed by atoms with Crippen LogP contribution in [0.5, 0.6) is 0 Å². The molecule has 0 amide bonds. The molecule has 1 rings (SSSR count). The molecule has 0 saturated heterocycles. The van der Waals surface area contributed by atoms with Crippen LogP contribution in [0, 0.1) is 11.3 Å². The Hall–Kier alpha value is -1.88. The van der Waals surface area contributed by atoms with Crippen molar-refractivity contribution in [3.63, 3.8) is 0 Å². The highest BCUT2D eigenvalue weighted by Gasteiger charge is 2.28. The Labute approximate surface area is 121 Å². The molecule has 6 nitrogen and oxygen atoms in total. The van der Waals surface area contributed by atoms with Crippen LogP contribution >= 0.6 is 11.6 Å². The van der Waals surface area contributed by atoms with E-state index in [1.165, 1.54) is 18.2 Å². The second-order valence-electron chi connectivity index (χ2n) is 3.74. The van der Waals surface area contributed by atoms with E-state index in [9.17, 15) is 13.2 Å². The lowest BCUT2D eigenvalue weighted by atomic mass is 10.2.